The van der Waals surface area contributed by atoms with Crippen molar-refractivity contribution in [1.82, 2.24) is 20.3 Å². The second-order valence-electron chi connectivity index (χ2n) is 5.45. The van der Waals surface area contributed by atoms with Crippen molar-refractivity contribution in [2.45, 2.75) is 13.5 Å². The van der Waals surface area contributed by atoms with Crippen LogP contribution in [0.25, 0.3) is 11.3 Å². The van der Waals surface area contributed by atoms with Crippen LogP contribution in [0.1, 0.15) is 12.4 Å². The van der Waals surface area contributed by atoms with Crippen molar-refractivity contribution in [3.8, 4) is 17.0 Å². The van der Waals surface area contributed by atoms with E-state index in [2.05, 4.69) is 15.5 Å². The van der Waals surface area contributed by atoms with Gasteiger partial charge in [-0.2, -0.15) is 8.78 Å². The number of benzene rings is 1. The number of aryl methyl sites for hydroxylation is 1. The molecule has 0 fully saturated rings. The highest BCUT2D eigenvalue weighted by molar-refractivity contribution is 6.32. The Hall–Kier alpha value is -3.08. The van der Waals surface area contributed by atoms with Crippen molar-refractivity contribution in [1.29, 1.82) is 0 Å². The van der Waals surface area contributed by atoms with Gasteiger partial charge in [-0.05, 0) is 24.3 Å². The Labute approximate surface area is 162 Å². The van der Waals surface area contributed by atoms with Gasteiger partial charge in [0, 0.05) is 11.8 Å². The predicted molar refractivity (Wildman–Crippen MR) is 93.8 cm³/mol. The van der Waals surface area contributed by atoms with Crippen molar-refractivity contribution in [3.63, 3.8) is 0 Å². The Morgan fingerprint density at radius 2 is 1.96 bits per heavy atom. The van der Waals surface area contributed by atoms with Crippen LogP contribution in [0.5, 0.6) is 5.75 Å². The second kappa shape index (κ2) is 7.89. The van der Waals surface area contributed by atoms with Crippen molar-refractivity contribution in [3.05, 3.63) is 47.0 Å². The molecule has 150 valence electrons. The average Bonchev–Trinajstić information content (AvgIpc) is 3.05. The monoisotopic (exact) mass is 417 g/mol. The number of rotatable bonds is 5. The Balaban J connectivity index is 1.93. The van der Waals surface area contributed by atoms with E-state index in [9.17, 15) is 13.2 Å². The molecule has 2 aromatic rings. The number of imidazole rings is 1. The zero-order valence-corrected chi connectivity index (χ0v) is 15.7. The summed E-state index contributed by atoms with van der Waals surface area (Å²) in [7, 11) is 2.82. The van der Waals surface area contributed by atoms with Crippen molar-refractivity contribution in [2.75, 3.05) is 14.2 Å². The summed E-state index contributed by atoms with van der Waals surface area (Å²) in [5.74, 6) is -0.298. The highest BCUT2D eigenvalue weighted by atomic mass is 35.5. The number of halogens is 4. The number of nitrogens with zero attached hydrogens (tertiary/aromatic N) is 4. The smallest absolute Gasteiger partial charge is 0.319 e. The van der Waals surface area contributed by atoms with Crippen LogP contribution >= 0.6 is 11.6 Å². The van der Waals surface area contributed by atoms with Gasteiger partial charge in [0.2, 0.25) is 11.8 Å². The fourth-order valence-electron chi connectivity index (χ4n) is 2.33. The molecule has 1 aromatic heterocycles. The van der Waals surface area contributed by atoms with Gasteiger partial charge in [-0.1, -0.05) is 16.7 Å². The summed E-state index contributed by atoms with van der Waals surface area (Å²) in [4.78, 5) is 9.47. The largest absolute Gasteiger partial charge is 0.481 e. The summed E-state index contributed by atoms with van der Waals surface area (Å²) in [5, 5.41) is 4.79. The van der Waals surface area contributed by atoms with Crippen LogP contribution in [0.4, 0.5) is 13.2 Å². The first-order valence-electron chi connectivity index (χ1n) is 7.78. The third-order valence-corrected chi connectivity index (χ3v) is 3.98. The maximum atomic E-state index is 14.4. The summed E-state index contributed by atoms with van der Waals surface area (Å²) >= 11 is 6.04. The van der Waals surface area contributed by atoms with Gasteiger partial charge in [-0.15, -0.1) is 0 Å². The van der Waals surface area contributed by atoms with Crippen molar-refractivity contribution >= 4 is 17.5 Å². The van der Waals surface area contributed by atoms with E-state index < -0.39 is 12.4 Å². The summed E-state index contributed by atoms with van der Waals surface area (Å²) in [5.41, 5.74) is 2.59. The summed E-state index contributed by atoms with van der Waals surface area (Å²) in [6.07, 6.45) is 2.51. The molecule has 0 unspecified atom stereocenters. The van der Waals surface area contributed by atoms with Crippen LogP contribution in [0.3, 0.4) is 0 Å². The van der Waals surface area contributed by atoms with Gasteiger partial charge in [-0.3, -0.25) is 4.57 Å². The Morgan fingerprint density at radius 1 is 1.21 bits per heavy atom. The lowest BCUT2D eigenvalue weighted by atomic mass is 10.1. The molecule has 12 heteroatoms. The molecule has 0 aliphatic carbocycles. The standard InChI is InChI=1S/C16H15ClF3N5O3/c1-8-21-12(7-24(8)16(19)20)9-4-13(10(17)5-11(9)18)28-25-22-14(26-2)6-15(23-25)27-3/h4-7,16,22H,1-3H3. The zero-order valence-electron chi connectivity index (χ0n) is 14.9. The molecular formula is C16H15ClF3N5O3. The Morgan fingerprint density at radius 3 is 2.57 bits per heavy atom. The maximum absolute atomic E-state index is 14.4. The lowest BCUT2D eigenvalue weighted by Gasteiger charge is -2.24. The van der Waals surface area contributed by atoms with Crippen molar-refractivity contribution < 1.29 is 27.5 Å². The zero-order chi connectivity index (χ0) is 20.4. The van der Waals surface area contributed by atoms with Crippen LogP contribution < -0.4 is 10.3 Å². The van der Waals surface area contributed by atoms with Crippen LogP contribution in [0, 0.1) is 12.7 Å². The predicted octanol–water partition coefficient (Wildman–Crippen LogP) is 3.61. The molecular weight excluding hydrogens is 403 g/mol. The molecule has 0 radical (unpaired) electrons. The minimum atomic E-state index is -2.80. The highest BCUT2D eigenvalue weighted by Crippen LogP contribution is 2.34. The van der Waals surface area contributed by atoms with Crippen LogP contribution in [0.2, 0.25) is 5.02 Å². The molecule has 0 saturated carbocycles. The molecule has 3 rings (SSSR count). The number of methoxy groups -OCH3 is 2. The third-order valence-electron chi connectivity index (χ3n) is 3.69. The van der Waals surface area contributed by atoms with E-state index in [1.54, 1.807) is 0 Å². The van der Waals surface area contributed by atoms with Crippen LogP contribution in [-0.4, -0.2) is 34.9 Å². The van der Waals surface area contributed by atoms with Gasteiger partial charge in [0.05, 0.1) is 31.0 Å². The number of ether oxygens (including phenoxy) is 2. The Kier molecular flexibility index (Phi) is 5.54. The minimum absolute atomic E-state index is 0.00183. The number of hydrazone groups is 1. The SMILES string of the molecule is COC1=CC(OC)=NN(Oc2cc(-c3cn(C(F)F)c(C)n3)c(F)cc2Cl)N1. The second-order valence-corrected chi connectivity index (χ2v) is 5.86. The van der Waals surface area contributed by atoms with E-state index in [1.807, 2.05) is 0 Å². The molecule has 0 bridgehead atoms. The topological polar surface area (TPSA) is 73.1 Å². The van der Waals surface area contributed by atoms with E-state index in [4.69, 9.17) is 25.9 Å². The lowest BCUT2D eigenvalue weighted by Crippen LogP contribution is -2.40. The normalized spacial score (nSPS) is 13.8. The van der Waals surface area contributed by atoms with Gasteiger partial charge < -0.3 is 14.3 Å². The molecule has 28 heavy (non-hydrogen) atoms. The minimum Gasteiger partial charge on any atom is -0.481 e. The van der Waals surface area contributed by atoms with Crippen molar-refractivity contribution in [2.24, 2.45) is 5.10 Å². The number of aromatic nitrogens is 2. The van der Waals surface area contributed by atoms with E-state index in [0.717, 1.165) is 17.5 Å². The number of hydrogen-bond donors (Lipinski definition) is 1. The van der Waals surface area contributed by atoms with Gasteiger partial charge >= 0.3 is 6.55 Å². The molecule has 8 nitrogen and oxygen atoms in total. The maximum Gasteiger partial charge on any atom is 0.319 e. The summed E-state index contributed by atoms with van der Waals surface area (Å²) < 4.78 is 51.1. The summed E-state index contributed by atoms with van der Waals surface area (Å²) in [6, 6.07) is 2.21. The van der Waals surface area contributed by atoms with E-state index in [1.165, 1.54) is 33.3 Å². The molecule has 1 aromatic carbocycles. The first kappa shape index (κ1) is 19.7. The highest BCUT2D eigenvalue weighted by Gasteiger charge is 2.21. The van der Waals surface area contributed by atoms with Gasteiger partial charge in [0.15, 0.2) is 5.75 Å². The number of alkyl halides is 2. The first-order valence-corrected chi connectivity index (χ1v) is 8.16. The van der Waals surface area contributed by atoms with E-state index in [-0.39, 0.29) is 39.6 Å². The molecule has 0 spiro atoms. The molecule has 1 aliphatic heterocycles. The summed E-state index contributed by atoms with van der Waals surface area (Å²) in [6.45, 7) is -1.41. The lowest BCUT2D eigenvalue weighted by molar-refractivity contribution is -0.111. The molecule has 1 N–H and O–H groups in total. The van der Waals surface area contributed by atoms with Crippen LogP contribution in [-0.2, 0) is 9.47 Å². The van der Waals surface area contributed by atoms with E-state index in [0.29, 0.717) is 4.57 Å². The average molecular weight is 418 g/mol. The number of hydrazine groups is 1. The molecule has 0 saturated heterocycles. The number of hydrogen-bond acceptors (Lipinski definition) is 7. The fraction of sp³-hybridized carbons (Fsp3) is 0.250. The molecule has 0 amide bonds. The van der Waals surface area contributed by atoms with E-state index >= 15 is 0 Å². The third kappa shape index (κ3) is 3.93. The Bertz CT molecular complexity index is 948. The first-order chi connectivity index (χ1) is 13.3. The molecule has 0 atom stereocenters. The molecule has 2 heterocycles. The number of nitrogens with one attached hydrogen (secondary N) is 1. The fourth-order valence-corrected chi connectivity index (χ4v) is 2.52. The van der Waals surface area contributed by atoms with Crippen LogP contribution in [0.15, 0.2) is 35.4 Å². The quantitative estimate of drug-likeness (QED) is 0.801. The van der Waals surface area contributed by atoms with Gasteiger partial charge in [-0.25, -0.2) is 14.8 Å². The molecule has 1 aliphatic rings. The van der Waals surface area contributed by atoms with Gasteiger partial charge in [0.1, 0.15) is 11.6 Å². The van der Waals surface area contributed by atoms with Gasteiger partial charge in [0.25, 0.3) is 0 Å².